The van der Waals surface area contributed by atoms with Gasteiger partial charge in [-0.3, -0.25) is 4.79 Å². The highest BCUT2D eigenvalue weighted by Gasteiger charge is 2.19. The van der Waals surface area contributed by atoms with Crippen LogP contribution in [0.25, 0.3) is 5.57 Å². The molecule has 1 heterocycles. The first kappa shape index (κ1) is 10.2. The summed E-state index contributed by atoms with van der Waals surface area (Å²) in [6.45, 7) is 4.26. The lowest BCUT2D eigenvalue weighted by Crippen LogP contribution is -2.31. The topological polar surface area (TPSA) is 20.3 Å². The van der Waals surface area contributed by atoms with E-state index in [2.05, 4.69) is 0 Å². The van der Waals surface area contributed by atoms with Crippen LogP contribution < -0.4 is 4.90 Å². The Hall–Kier alpha value is -1.28. The summed E-state index contributed by atoms with van der Waals surface area (Å²) in [6.07, 6.45) is 2.04. The molecule has 15 heavy (non-hydrogen) atoms. The number of anilines is 1. The van der Waals surface area contributed by atoms with Crippen LogP contribution in [0.15, 0.2) is 24.3 Å². The molecule has 1 aliphatic heterocycles. The van der Waals surface area contributed by atoms with E-state index in [9.17, 15) is 4.79 Å². The number of allylic oxidation sites excluding steroid dienone is 1. The molecule has 2 nitrogen and oxygen atoms in total. The summed E-state index contributed by atoms with van der Waals surface area (Å²) >= 11 is 5.94. The quantitative estimate of drug-likeness (QED) is 0.659. The number of carbonyl (C=O) groups excluding carboxylic acids is 1. The number of hydrogen-bond acceptors (Lipinski definition) is 1. The van der Waals surface area contributed by atoms with Crippen molar-refractivity contribution in [2.24, 2.45) is 0 Å². The largest absolute Gasteiger partial charge is 0.308 e. The molecule has 0 aliphatic carbocycles. The van der Waals surface area contributed by atoms with Crippen LogP contribution in [0.4, 0.5) is 5.69 Å². The van der Waals surface area contributed by atoms with Gasteiger partial charge in [-0.15, -0.1) is 0 Å². The Kier molecular flexibility index (Phi) is 2.53. The number of amides is 1. The Balaban J connectivity index is 2.57. The average Bonchev–Trinajstić information content (AvgIpc) is 2.19. The van der Waals surface area contributed by atoms with Crippen LogP contribution in [0.3, 0.4) is 0 Å². The first-order valence-corrected chi connectivity index (χ1v) is 5.22. The highest BCUT2D eigenvalue weighted by molar-refractivity contribution is 6.31. The lowest BCUT2D eigenvalue weighted by atomic mass is 10.0. The van der Waals surface area contributed by atoms with Gasteiger partial charge in [-0.25, -0.2) is 0 Å². The van der Waals surface area contributed by atoms with Crippen molar-refractivity contribution in [3.05, 3.63) is 34.9 Å². The molecular formula is C12H12ClNO. The minimum atomic E-state index is 0.0577. The number of rotatable bonds is 0. The zero-order chi connectivity index (χ0) is 11.0. The molecule has 0 N–H and O–H groups in total. The predicted octanol–water partition coefficient (Wildman–Crippen LogP) is 3.11. The van der Waals surface area contributed by atoms with E-state index in [1.165, 1.54) is 5.57 Å². The maximum Gasteiger partial charge on any atom is 0.224 e. The summed E-state index contributed by atoms with van der Waals surface area (Å²) in [5.41, 5.74) is 3.17. The summed E-state index contributed by atoms with van der Waals surface area (Å²) in [5, 5.41) is 0.701. The molecule has 1 aromatic carbocycles. The van der Waals surface area contributed by atoms with Gasteiger partial charge < -0.3 is 4.90 Å². The van der Waals surface area contributed by atoms with Crippen molar-refractivity contribution < 1.29 is 4.79 Å². The second-order valence-corrected chi connectivity index (χ2v) is 4.11. The van der Waals surface area contributed by atoms with Gasteiger partial charge in [0.1, 0.15) is 0 Å². The molecule has 0 unspecified atom stereocenters. The van der Waals surface area contributed by atoms with Crippen LogP contribution in [-0.2, 0) is 4.79 Å². The van der Waals surface area contributed by atoms with Crippen molar-refractivity contribution in [3.8, 4) is 0 Å². The Morgan fingerprint density at radius 1 is 1.47 bits per heavy atom. The number of fused-ring (bicyclic) bond motifs is 1. The SMILES string of the molecule is CC(=O)N1CC=C(C)c2cc(Cl)ccc21. The van der Waals surface area contributed by atoms with E-state index in [4.69, 9.17) is 11.6 Å². The van der Waals surface area contributed by atoms with E-state index < -0.39 is 0 Å². The number of carbonyl (C=O) groups is 1. The minimum Gasteiger partial charge on any atom is -0.308 e. The molecule has 0 bridgehead atoms. The zero-order valence-corrected chi connectivity index (χ0v) is 9.51. The van der Waals surface area contributed by atoms with E-state index >= 15 is 0 Å². The van der Waals surface area contributed by atoms with Crippen molar-refractivity contribution in [1.82, 2.24) is 0 Å². The first-order valence-electron chi connectivity index (χ1n) is 4.84. The fourth-order valence-electron chi connectivity index (χ4n) is 1.79. The third-order valence-corrected chi connectivity index (χ3v) is 2.87. The van der Waals surface area contributed by atoms with Gasteiger partial charge in [0.2, 0.25) is 5.91 Å². The molecule has 0 saturated carbocycles. The van der Waals surface area contributed by atoms with E-state index in [1.807, 2.05) is 31.2 Å². The molecule has 0 spiro atoms. The Labute approximate surface area is 94.2 Å². The van der Waals surface area contributed by atoms with Gasteiger partial charge in [-0.2, -0.15) is 0 Å². The second kappa shape index (κ2) is 3.70. The van der Waals surface area contributed by atoms with E-state index in [1.54, 1.807) is 11.8 Å². The van der Waals surface area contributed by atoms with Gasteiger partial charge >= 0.3 is 0 Å². The highest BCUT2D eigenvalue weighted by atomic mass is 35.5. The molecule has 0 radical (unpaired) electrons. The van der Waals surface area contributed by atoms with Crippen molar-refractivity contribution in [2.45, 2.75) is 13.8 Å². The molecule has 3 heteroatoms. The van der Waals surface area contributed by atoms with Crippen molar-refractivity contribution in [1.29, 1.82) is 0 Å². The maximum atomic E-state index is 11.4. The van der Waals surface area contributed by atoms with Gasteiger partial charge in [0.05, 0.1) is 5.69 Å². The molecular weight excluding hydrogens is 210 g/mol. The number of halogens is 1. The molecule has 0 atom stereocenters. The van der Waals surface area contributed by atoms with Crippen LogP contribution in [-0.4, -0.2) is 12.5 Å². The summed E-state index contributed by atoms with van der Waals surface area (Å²) in [5.74, 6) is 0.0577. The van der Waals surface area contributed by atoms with Crippen molar-refractivity contribution in [3.63, 3.8) is 0 Å². The number of nitrogens with zero attached hydrogens (tertiary/aromatic N) is 1. The van der Waals surface area contributed by atoms with Crippen molar-refractivity contribution >= 4 is 28.8 Å². The van der Waals surface area contributed by atoms with Crippen LogP contribution in [0.5, 0.6) is 0 Å². The summed E-state index contributed by atoms with van der Waals surface area (Å²) < 4.78 is 0. The molecule has 2 rings (SSSR count). The van der Waals surface area contributed by atoms with Crippen LogP contribution in [0.1, 0.15) is 19.4 Å². The summed E-state index contributed by atoms with van der Waals surface area (Å²) in [6, 6.07) is 5.61. The van der Waals surface area contributed by atoms with E-state index in [-0.39, 0.29) is 5.91 Å². The van der Waals surface area contributed by atoms with Gasteiger partial charge in [0.15, 0.2) is 0 Å². The third-order valence-electron chi connectivity index (χ3n) is 2.63. The van der Waals surface area contributed by atoms with E-state index in [0.717, 1.165) is 11.3 Å². The predicted molar refractivity (Wildman–Crippen MR) is 63.1 cm³/mol. The first-order chi connectivity index (χ1) is 7.09. The Bertz CT molecular complexity index is 451. The van der Waals surface area contributed by atoms with Crippen molar-refractivity contribution in [2.75, 3.05) is 11.4 Å². The average molecular weight is 222 g/mol. The molecule has 1 aromatic rings. The molecule has 1 aliphatic rings. The third kappa shape index (κ3) is 1.77. The lowest BCUT2D eigenvalue weighted by molar-refractivity contribution is -0.116. The molecule has 0 saturated heterocycles. The molecule has 0 aromatic heterocycles. The van der Waals surface area contributed by atoms with Crippen LogP contribution in [0.2, 0.25) is 5.02 Å². The number of benzene rings is 1. The monoisotopic (exact) mass is 221 g/mol. The highest BCUT2D eigenvalue weighted by Crippen LogP contribution is 2.33. The normalized spacial score (nSPS) is 14.6. The standard InChI is InChI=1S/C12H12ClNO/c1-8-5-6-14(9(2)15)12-4-3-10(13)7-11(8)12/h3-5,7H,6H2,1-2H3. The fraction of sp³-hybridized carbons (Fsp3) is 0.250. The summed E-state index contributed by atoms with van der Waals surface area (Å²) in [7, 11) is 0. The Morgan fingerprint density at radius 2 is 2.20 bits per heavy atom. The van der Waals surface area contributed by atoms with Gasteiger partial charge in [0, 0.05) is 24.1 Å². The fourth-order valence-corrected chi connectivity index (χ4v) is 1.97. The molecule has 0 fully saturated rings. The van der Waals surface area contributed by atoms with Crippen LogP contribution >= 0.6 is 11.6 Å². The van der Waals surface area contributed by atoms with Crippen LogP contribution in [0, 0.1) is 0 Å². The number of hydrogen-bond donors (Lipinski definition) is 0. The van der Waals surface area contributed by atoms with Gasteiger partial charge in [-0.05, 0) is 30.7 Å². The lowest BCUT2D eigenvalue weighted by Gasteiger charge is -2.27. The zero-order valence-electron chi connectivity index (χ0n) is 8.75. The maximum absolute atomic E-state index is 11.4. The minimum absolute atomic E-state index is 0.0577. The molecule has 1 amide bonds. The van der Waals surface area contributed by atoms with E-state index in [0.29, 0.717) is 11.6 Å². The van der Waals surface area contributed by atoms with Gasteiger partial charge in [-0.1, -0.05) is 17.7 Å². The summed E-state index contributed by atoms with van der Waals surface area (Å²) in [4.78, 5) is 13.2. The second-order valence-electron chi connectivity index (χ2n) is 3.68. The smallest absolute Gasteiger partial charge is 0.224 e. The molecule has 78 valence electrons. The van der Waals surface area contributed by atoms with Gasteiger partial charge in [0.25, 0.3) is 0 Å². The Morgan fingerprint density at radius 3 is 2.87 bits per heavy atom.